The summed E-state index contributed by atoms with van der Waals surface area (Å²) in [5.41, 5.74) is 0.955. The lowest BCUT2D eigenvalue weighted by molar-refractivity contribution is -0.109. The van der Waals surface area contributed by atoms with Gasteiger partial charge in [-0.2, -0.15) is 4.91 Å². The van der Waals surface area contributed by atoms with Crippen LogP contribution in [0, 0.1) is 9.81 Å². The number of aromatic nitrogens is 1. The van der Waals surface area contributed by atoms with Crippen LogP contribution >= 0.6 is 0 Å². The number of unbranched alkanes of at least 4 members (excludes halogenated alkanes) is 5. The molecule has 0 radical (unpaired) electrons. The maximum Gasteiger partial charge on any atom is 0.192 e. The molecule has 0 N–H and O–H groups in total. The quantitative estimate of drug-likeness (QED) is 0.295. The lowest BCUT2D eigenvalue weighted by Gasteiger charge is -2.30. The Labute approximate surface area is 182 Å². The van der Waals surface area contributed by atoms with Crippen molar-refractivity contribution in [1.29, 1.82) is 0 Å². The van der Waals surface area contributed by atoms with E-state index in [2.05, 4.69) is 15.3 Å². The van der Waals surface area contributed by atoms with Crippen LogP contribution in [0.5, 0.6) is 5.75 Å². The monoisotopic (exact) mass is 429 g/mol. The van der Waals surface area contributed by atoms with Gasteiger partial charge < -0.3 is 14.2 Å². The summed E-state index contributed by atoms with van der Waals surface area (Å²) >= 11 is 0. The van der Waals surface area contributed by atoms with Gasteiger partial charge in [0.25, 0.3) is 0 Å². The van der Waals surface area contributed by atoms with Crippen molar-refractivity contribution in [2.75, 3.05) is 19.8 Å². The van der Waals surface area contributed by atoms with Gasteiger partial charge in [-0.05, 0) is 36.2 Å². The minimum Gasteiger partial charge on any atom is -0.494 e. The van der Waals surface area contributed by atoms with Crippen LogP contribution in [0.1, 0.15) is 51.4 Å². The highest BCUT2D eigenvalue weighted by molar-refractivity contribution is 5.79. The summed E-state index contributed by atoms with van der Waals surface area (Å²) in [4.78, 5) is 25.5. The summed E-state index contributed by atoms with van der Waals surface area (Å²) in [7, 11) is 0. The topological polar surface area (TPSA) is 99.4 Å². The number of pyridine rings is 1. The molecule has 8 nitrogen and oxygen atoms in total. The Kier molecular flexibility index (Phi) is 9.79. The molecule has 168 valence electrons. The average Bonchev–Trinajstić information content (AvgIpc) is 2.80. The van der Waals surface area contributed by atoms with Gasteiger partial charge >= 0.3 is 0 Å². The highest BCUT2D eigenvalue weighted by Crippen LogP contribution is 2.24. The Morgan fingerprint density at radius 3 is 2.61 bits per heavy atom. The second-order valence-electron chi connectivity index (χ2n) is 7.92. The molecule has 3 atom stereocenters. The zero-order valence-electron chi connectivity index (χ0n) is 17.9. The molecule has 0 saturated carbocycles. The van der Waals surface area contributed by atoms with Crippen molar-refractivity contribution in [3.8, 4) is 5.75 Å². The molecule has 8 heteroatoms. The molecule has 1 aliphatic rings. The third kappa shape index (κ3) is 7.95. The van der Waals surface area contributed by atoms with Crippen LogP contribution in [-0.4, -0.2) is 43.2 Å². The molecular formula is C23H31N3O5. The molecule has 2 heterocycles. The van der Waals surface area contributed by atoms with Gasteiger partial charge in [0, 0.05) is 37.1 Å². The fraction of sp³-hybridized carbons (Fsp3) is 0.609. The van der Waals surface area contributed by atoms with Crippen LogP contribution in [-0.2, 0) is 9.47 Å². The van der Waals surface area contributed by atoms with Gasteiger partial charge in [0.2, 0.25) is 0 Å². The Morgan fingerprint density at radius 1 is 1.00 bits per heavy atom. The SMILES string of the molecule is O=NC[C@@H]1C[C@H](OCCCCCCCCOc2ccc3cccnc3c2)CC(N=O)O1. The molecule has 1 aliphatic heterocycles. The van der Waals surface area contributed by atoms with E-state index in [-0.39, 0.29) is 18.8 Å². The molecule has 0 aliphatic carbocycles. The number of ether oxygens (including phenoxy) is 3. The largest absolute Gasteiger partial charge is 0.494 e. The summed E-state index contributed by atoms with van der Waals surface area (Å²) in [5, 5.41) is 6.92. The molecule has 3 rings (SSSR count). The van der Waals surface area contributed by atoms with Crippen molar-refractivity contribution in [3.05, 3.63) is 46.3 Å². The summed E-state index contributed by atoms with van der Waals surface area (Å²) in [6, 6.07) is 9.99. The minimum absolute atomic E-state index is 0.0351. The van der Waals surface area contributed by atoms with Crippen LogP contribution in [0.2, 0.25) is 0 Å². The first-order valence-corrected chi connectivity index (χ1v) is 11.1. The van der Waals surface area contributed by atoms with Crippen molar-refractivity contribution in [2.45, 2.75) is 69.8 Å². The summed E-state index contributed by atoms with van der Waals surface area (Å²) in [5.74, 6) is 0.870. The zero-order valence-corrected chi connectivity index (χ0v) is 17.9. The number of hydrogen-bond donors (Lipinski definition) is 0. The lowest BCUT2D eigenvalue weighted by atomic mass is 10.0. The third-order valence-electron chi connectivity index (χ3n) is 5.47. The maximum atomic E-state index is 10.8. The van der Waals surface area contributed by atoms with Crippen molar-refractivity contribution in [2.24, 2.45) is 10.4 Å². The Hall–Kier alpha value is -2.45. The van der Waals surface area contributed by atoms with Crippen molar-refractivity contribution < 1.29 is 14.2 Å². The Balaban J connectivity index is 1.19. The van der Waals surface area contributed by atoms with Crippen molar-refractivity contribution >= 4 is 10.9 Å². The van der Waals surface area contributed by atoms with Gasteiger partial charge in [0.15, 0.2) is 6.23 Å². The summed E-state index contributed by atoms with van der Waals surface area (Å²) < 4.78 is 17.1. The zero-order chi connectivity index (χ0) is 21.7. The molecule has 31 heavy (non-hydrogen) atoms. The van der Waals surface area contributed by atoms with E-state index in [1.165, 1.54) is 6.42 Å². The Bertz CT molecular complexity index is 819. The van der Waals surface area contributed by atoms with E-state index in [9.17, 15) is 9.81 Å². The number of hydrogen-bond acceptors (Lipinski definition) is 8. The predicted octanol–water partition coefficient (Wildman–Crippen LogP) is 5.38. The van der Waals surface area contributed by atoms with E-state index in [0.717, 1.165) is 48.8 Å². The molecule has 0 amide bonds. The minimum atomic E-state index is -0.737. The number of nitroso groups, excluding NO2 is 2. The number of benzene rings is 1. The molecule has 0 spiro atoms. The second-order valence-corrected chi connectivity index (χ2v) is 7.92. The lowest BCUT2D eigenvalue weighted by Crippen LogP contribution is -2.37. The van der Waals surface area contributed by atoms with E-state index in [0.29, 0.717) is 26.1 Å². The summed E-state index contributed by atoms with van der Waals surface area (Å²) in [6.07, 6.45) is 8.22. The summed E-state index contributed by atoms with van der Waals surface area (Å²) in [6.45, 7) is 1.40. The predicted molar refractivity (Wildman–Crippen MR) is 119 cm³/mol. The Morgan fingerprint density at radius 2 is 1.81 bits per heavy atom. The molecule has 1 saturated heterocycles. The molecule has 2 aromatic rings. The molecule has 1 fully saturated rings. The smallest absolute Gasteiger partial charge is 0.192 e. The molecule has 0 bridgehead atoms. The van der Waals surface area contributed by atoms with Gasteiger partial charge in [-0.15, -0.1) is 4.91 Å². The van der Waals surface area contributed by atoms with Crippen LogP contribution in [0.15, 0.2) is 46.9 Å². The second kappa shape index (κ2) is 13.1. The molecule has 1 aromatic heterocycles. The fourth-order valence-electron chi connectivity index (χ4n) is 3.84. The van der Waals surface area contributed by atoms with Crippen LogP contribution in [0.3, 0.4) is 0 Å². The van der Waals surface area contributed by atoms with Gasteiger partial charge in [-0.1, -0.05) is 36.9 Å². The van der Waals surface area contributed by atoms with Crippen LogP contribution < -0.4 is 4.74 Å². The highest BCUT2D eigenvalue weighted by atomic mass is 16.5. The van der Waals surface area contributed by atoms with Crippen LogP contribution in [0.4, 0.5) is 0 Å². The van der Waals surface area contributed by atoms with E-state index in [1.54, 1.807) is 6.20 Å². The number of rotatable bonds is 14. The van der Waals surface area contributed by atoms with Crippen molar-refractivity contribution in [1.82, 2.24) is 4.98 Å². The molecule has 1 aromatic carbocycles. The molecular weight excluding hydrogens is 398 g/mol. The van der Waals surface area contributed by atoms with E-state index in [1.807, 2.05) is 30.3 Å². The van der Waals surface area contributed by atoms with Gasteiger partial charge in [0.1, 0.15) is 12.3 Å². The first-order valence-electron chi connectivity index (χ1n) is 11.1. The van der Waals surface area contributed by atoms with Crippen molar-refractivity contribution in [3.63, 3.8) is 0 Å². The van der Waals surface area contributed by atoms with Gasteiger partial charge in [-0.25, -0.2) is 0 Å². The maximum absolute atomic E-state index is 10.8. The van der Waals surface area contributed by atoms with Gasteiger partial charge in [0.05, 0.1) is 24.3 Å². The highest BCUT2D eigenvalue weighted by Gasteiger charge is 2.30. The third-order valence-corrected chi connectivity index (χ3v) is 5.47. The normalized spacial score (nSPS) is 21.1. The van der Waals surface area contributed by atoms with E-state index < -0.39 is 6.23 Å². The van der Waals surface area contributed by atoms with E-state index in [4.69, 9.17) is 14.2 Å². The van der Waals surface area contributed by atoms with Crippen LogP contribution in [0.25, 0.3) is 10.9 Å². The average molecular weight is 430 g/mol. The van der Waals surface area contributed by atoms with E-state index >= 15 is 0 Å². The standard InChI is InChI=1S/C23H31N3O5/c27-25-17-21-14-20(16-23(26-28)31-21)30-13-6-4-2-1-3-5-12-29-19-10-9-18-8-7-11-24-22(18)15-19/h7-11,15,20-21,23H,1-6,12-14,16-17H2/t20-,21-,23?/m0/s1. The molecule has 1 unspecified atom stereocenters. The first kappa shape index (κ1) is 23.2. The number of nitrogens with zero attached hydrogens (tertiary/aromatic N) is 3. The first-order chi connectivity index (χ1) is 15.3. The fourth-order valence-corrected chi connectivity index (χ4v) is 3.84. The number of fused-ring (bicyclic) bond motifs is 1. The van der Waals surface area contributed by atoms with Gasteiger partial charge in [-0.3, -0.25) is 4.98 Å².